The van der Waals surface area contributed by atoms with E-state index in [4.69, 9.17) is 5.11 Å². The van der Waals surface area contributed by atoms with Crippen molar-refractivity contribution in [2.24, 2.45) is 0 Å². The number of unbranched alkanes of at least 4 members (excludes halogenated alkanes) is 9. The molecule has 1 N–H and O–H groups in total. The lowest BCUT2D eigenvalue weighted by molar-refractivity contribution is 0.219. The van der Waals surface area contributed by atoms with Crippen LogP contribution in [0.5, 0.6) is 0 Å². The fourth-order valence-corrected chi connectivity index (χ4v) is 3.33. The van der Waals surface area contributed by atoms with Crippen LogP contribution in [0, 0.1) is 0 Å². The van der Waals surface area contributed by atoms with E-state index in [1.807, 2.05) is 0 Å². The van der Waals surface area contributed by atoms with Crippen LogP contribution in [0.25, 0.3) is 0 Å². The Labute approximate surface area is 116 Å². The van der Waals surface area contributed by atoms with Crippen LogP contribution in [0.1, 0.15) is 78.1 Å². The van der Waals surface area contributed by atoms with Gasteiger partial charge in [-0.2, -0.15) is 0 Å². The highest BCUT2D eigenvalue weighted by atomic mass is 32.2. The van der Waals surface area contributed by atoms with Crippen molar-refractivity contribution in [2.45, 2.75) is 84.2 Å². The van der Waals surface area contributed by atoms with Crippen molar-refractivity contribution in [1.29, 1.82) is 0 Å². The molecule has 0 radical (unpaired) electrons. The quantitative estimate of drug-likeness (QED) is 0.516. The van der Waals surface area contributed by atoms with Crippen molar-refractivity contribution in [3.05, 3.63) is 0 Å². The molecule has 0 aromatic heterocycles. The van der Waals surface area contributed by atoms with Gasteiger partial charge in [0.1, 0.15) is 0 Å². The third-order valence-corrected chi connectivity index (χ3v) is 4.75. The summed E-state index contributed by atoms with van der Waals surface area (Å²) in [6.07, 6.45) is 12.7. The van der Waals surface area contributed by atoms with Gasteiger partial charge in [0.2, 0.25) is 0 Å². The van der Waals surface area contributed by atoms with Gasteiger partial charge in [-0.05, 0) is 13.3 Å². The first-order valence-corrected chi connectivity index (χ1v) is 9.18. The van der Waals surface area contributed by atoms with Gasteiger partial charge >= 0.3 is 0 Å². The van der Waals surface area contributed by atoms with E-state index in [1.165, 1.54) is 57.8 Å². The zero-order valence-corrected chi connectivity index (χ0v) is 13.1. The molecule has 0 aromatic rings. The van der Waals surface area contributed by atoms with Crippen molar-refractivity contribution in [3.8, 4) is 0 Å². The van der Waals surface area contributed by atoms with Crippen molar-refractivity contribution in [3.63, 3.8) is 0 Å². The second-order valence-corrected chi connectivity index (χ2v) is 6.96. The van der Waals surface area contributed by atoms with E-state index < -0.39 is 16.9 Å². The Morgan fingerprint density at radius 2 is 1.33 bits per heavy atom. The van der Waals surface area contributed by atoms with Gasteiger partial charge in [0, 0.05) is 22.3 Å². The second kappa shape index (κ2) is 13.5. The molecule has 0 aliphatic carbocycles. The van der Waals surface area contributed by atoms with Crippen LogP contribution < -0.4 is 0 Å². The molecule has 110 valence electrons. The van der Waals surface area contributed by atoms with E-state index in [0.29, 0.717) is 5.75 Å². The van der Waals surface area contributed by atoms with Gasteiger partial charge in [-0.1, -0.05) is 64.7 Å². The molecule has 0 aliphatic heterocycles. The van der Waals surface area contributed by atoms with E-state index in [-0.39, 0.29) is 0 Å². The third-order valence-electron chi connectivity index (χ3n) is 3.15. The van der Waals surface area contributed by atoms with E-state index in [9.17, 15) is 4.21 Å². The van der Waals surface area contributed by atoms with Crippen LogP contribution in [-0.2, 0) is 10.8 Å². The highest BCUT2D eigenvalue weighted by molar-refractivity contribution is 7.85. The third kappa shape index (κ3) is 14.2. The number of aliphatic hydroxyl groups is 1. The Morgan fingerprint density at radius 1 is 0.889 bits per heavy atom. The minimum absolute atomic E-state index is 0.422. The number of hydrogen-bond donors (Lipinski definition) is 1. The van der Waals surface area contributed by atoms with Gasteiger partial charge in [-0.3, -0.25) is 4.21 Å². The standard InChI is InChI=1S/C15H32O2S/c1-3-4-5-6-7-8-9-10-11-12-13-18(17)14-15(2)16/h15-16H,3-14H2,1-2H3/t15-,18+/m0/s1. The normalized spacial score (nSPS) is 14.6. The largest absolute Gasteiger partial charge is 0.392 e. The summed E-state index contributed by atoms with van der Waals surface area (Å²) in [6.45, 7) is 3.96. The zero-order valence-electron chi connectivity index (χ0n) is 12.3. The van der Waals surface area contributed by atoms with Gasteiger partial charge in [0.25, 0.3) is 0 Å². The smallest absolute Gasteiger partial charge is 0.0627 e. The predicted molar refractivity (Wildman–Crippen MR) is 81.4 cm³/mol. The molecule has 0 amide bonds. The molecule has 0 spiro atoms. The highest BCUT2D eigenvalue weighted by Crippen LogP contribution is 2.10. The van der Waals surface area contributed by atoms with Crippen LogP contribution in [0.15, 0.2) is 0 Å². The molecule has 0 heterocycles. The van der Waals surface area contributed by atoms with Gasteiger partial charge in [-0.25, -0.2) is 0 Å². The molecule has 18 heavy (non-hydrogen) atoms. The molecule has 0 aromatic carbocycles. The molecule has 0 fully saturated rings. The number of rotatable bonds is 13. The molecule has 2 nitrogen and oxygen atoms in total. The lowest BCUT2D eigenvalue weighted by atomic mass is 10.1. The molecule has 0 aliphatic rings. The summed E-state index contributed by atoms with van der Waals surface area (Å²) in [4.78, 5) is 0. The Bertz CT molecular complexity index is 193. The Hall–Kier alpha value is 0.110. The van der Waals surface area contributed by atoms with Crippen LogP contribution in [0.4, 0.5) is 0 Å². The van der Waals surface area contributed by atoms with Crippen LogP contribution >= 0.6 is 0 Å². The molecular formula is C15H32O2S. The first kappa shape index (κ1) is 18.1. The Balaban J connectivity index is 3.09. The second-order valence-electron chi connectivity index (χ2n) is 5.34. The maximum Gasteiger partial charge on any atom is 0.0627 e. The van der Waals surface area contributed by atoms with Crippen LogP contribution in [0.3, 0.4) is 0 Å². The highest BCUT2D eigenvalue weighted by Gasteiger charge is 2.03. The monoisotopic (exact) mass is 276 g/mol. The first-order chi connectivity index (χ1) is 8.66. The minimum Gasteiger partial charge on any atom is -0.392 e. The molecule has 3 heteroatoms. The summed E-state index contributed by atoms with van der Waals surface area (Å²) in [5.74, 6) is 1.21. The summed E-state index contributed by atoms with van der Waals surface area (Å²) >= 11 is 0. The van der Waals surface area contributed by atoms with Gasteiger partial charge in [-0.15, -0.1) is 0 Å². The van der Waals surface area contributed by atoms with E-state index in [1.54, 1.807) is 6.92 Å². The average molecular weight is 276 g/mol. The molecule has 0 saturated heterocycles. The van der Waals surface area contributed by atoms with Crippen molar-refractivity contribution < 1.29 is 9.32 Å². The number of hydrogen-bond acceptors (Lipinski definition) is 2. The van der Waals surface area contributed by atoms with Crippen LogP contribution in [-0.4, -0.2) is 26.9 Å². The molecule has 2 atom stereocenters. The van der Waals surface area contributed by atoms with Crippen molar-refractivity contribution in [1.82, 2.24) is 0 Å². The SMILES string of the molecule is CCCCCCCCCCCC[S@@](=O)C[C@H](C)O. The Morgan fingerprint density at radius 3 is 1.78 bits per heavy atom. The summed E-state index contributed by atoms with van der Waals surface area (Å²) in [7, 11) is -0.813. The summed E-state index contributed by atoms with van der Waals surface area (Å²) in [6, 6.07) is 0. The molecular weight excluding hydrogens is 244 g/mol. The lowest BCUT2D eigenvalue weighted by Gasteiger charge is -2.04. The molecule has 0 bridgehead atoms. The predicted octanol–water partition coefficient (Wildman–Crippen LogP) is 4.04. The van der Waals surface area contributed by atoms with Gasteiger partial charge < -0.3 is 5.11 Å². The minimum atomic E-state index is -0.813. The van der Waals surface area contributed by atoms with Crippen molar-refractivity contribution >= 4 is 10.8 Å². The fourth-order valence-electron chi connectivity index (χ4n) is 2.10. The summed E-state index contributed by atoms with van der Waals surface area (Å²) in [5, 5.41) is 9.09. The van der Waals surface area contributed by atoms with Crippen LogP contribution in [0.2, 0.25) is 0 Å². The zero-order chi connectivity index (χ0) is 13.6. The maximum atomic E-state index is 11.4. The molecule has 0 unspecified atom stereocenters. The van der Waals surface area contributed by atoms with Gasteiger partial charge in [0.15, 0.2) is 0 Å². The summed E-state index contributed by atoms with van der Waals surface area (Å²) in [5.41, 5.74) is 0. The molecule has 0 saturated carbocycles. The lowest BCUT2D eigenvalue weighted by Crippen LogP contribution is -2.14. The molecule has 0 rings (SSSR count). The van der Waals surface area contributed by atoms with Gasteiger partial charge in [0.05, 0.1) is 6.10 Å². The number of aliphatic hydroxyl groups excluding tert-OH is 1. The Kier molecular flexibility index (Phi) is 13.6. The summed E-state index contributed by atoms with van der Waals surface area (Å²) < 4.78 is 11.4. The topological polar surface area (TPSA) is 37.3 Å². The first-order valence-electron chi connectivity index (χ1n) is 7.69. The van der Waals surface area contributed by atoms with Crippen molar-refractivity contribution in [2.75, 3.05) is 11.5 Å². The van der Waals surface area contributed by atoms with E-state index >= 15 is 0 Å². The maximum absolute atomic E-state index is 11.4. The van der Waals surface area contributed by atoms with E-state index in [2.05, 4.69) is 6.92 Å². The fraction of sp³-hybridized carbons (Fsp3) is 1.00. The van der Waals surface area contributed by atoms with E-state index in [0.717, 1.165) is 12.2 Å². The average Bonchev–Trinajstić information content (AvgIpc) is 2.30.